The maximum atomic E-state index is 11.9. The number of esters is 1. The summed E-state index contributed by atoms with van der Waals surface area (Å²) in [6, 6.07) is 0.838. The molecule has 5 nitrogen and oxygen atoms in total. The molecule has 0 radical (unpaired) electrons. The zero-order valence-corrected chi connectivity index (χ0v) is 12.3. The molecule has 2 rings (SSSR count). The van der Waals surface area contributed by atoms with E-state index in [0.29, 0.717) is 12.1 Å². The van der Waals surface area contributed by atoms with Crippen molar-refractivity contribution in [1.82, 2.24) is 10.2 Å². The molecule has 2 aliphatic heterocycles. The molecule has 0 aliphatic carbocycles. The van der Waals surface area contributed by atoms with Crippen LogP contribution in [0.25, 0.3) is 0 Å². The van der Waals surface area contributed by atoms with Gasteiger partial charge in [0.25, 0.3) is 0 Å². The van der Waals surface area contributed by atoms with Crippen LogP contribution in [-0.4, -0.2) is 48.8 Å². The number of piperidine rings is 1. The molecular formula is C14H27N3O2. The average Bonchev–Trinajstić information content (AvgIpc) is 2.77. The molecule has 0 amide bonds. The van der Waals surface area contributed by atoms with Crippen molar-refractivity contribution in [2.24, 2.45) is 11.1 Å². The van der Waals surface area contributed by atoms with Crippen LogP contribution in [0, 0.1) is 5.41 Å². The fourth-order valence-electron chi connectivity index (χ4n) is 2.64. The van der Waals surface area contributed by atoms with Crippen LogP contribution in [0.2, 0.25) is 0 Å². The van der Waals surface area contributed by atoms with Gasteiger partial charge in [-0.25, -0.2) is 0 Å². The number of nitrogens with zero attached hydrogens (tertiary/aromatic N) is 1. The molecule has 110 valence electrons. The number of ether oxygens (including phenoxy) is 1. The lowest BCUT2D eigenvalue weighted by atomic mass is 9.97. The van der Waals surface area contributed by atoms with E-state index in [1.165, 1.54) is 0 Å². The summed E-state index contributed by atoms with van der Waals surface area (Å²) in [5.74, 6) is -0.133. The first-order chi connectivity index (χ1) is 8.86. The van der Waals surface area contributed by atoms with Gasteiger partial charge in [0.05, 0.1) is 5.41 Å². The summed E-state index contributed by atoms with van der Waals surface area (Å²) in [5.41, 5.74) is 5.49. The fraction of sp³-hybridized carbons (Fsp3) is 0.929. The molecule has 2 atom stereocenters. The van der Waals surface area contributed by atoms with Crippen molar-refractivity contribution in [2.45, 2.75) is 58.3 Å². The van der Waals surface area contributed by atoms with Crippen molar-refractivity contribution < 1.29 is 9.53 Å². The Balaban J connectivity index is 1.78. The van der Waals surface area contributed by atoms with Gasteiger partial charge in [-0.2, -0.15) is 0 Å². The molecule has 0 aromatic carbocycles. The van der Waals surface area contributed by atoms with Gasteiger partial charge in [0.1, 0.15) is 0 Å². The molecule has 0 aromatic rings. The number of nitrogens with one attached hydrogen (secondary N) is 1. The third-order valence-electron chi connectivity index (χ3n) is 4.02. The lowest BCUT2D eigenvalue weighted by Crippen LogP contribution is -2.45. The molecule has 0 aromatic heterocycles. The molecular weight excluding hydrogens is 242 g/mol. The number of carbonyl (C=O) groups excluding carboxylic acids is 1. The van der Waals surface area contributed by atoms with E-state index in [1.807, 2.05) is 20.8 Å². The Hall–Kier alpha value is -0.650. The standard InChI is InChI=1S/C14H27N3O2/c1-14(2,3)13(18)19-12-8-11(9-16-12)17-6-4-10(15)5-7-17/h10-12,16H,4-9,15H2,1-3H3/t11-,12?/m0/s1. The lowest BCUT2D eigenvalue weighted by molar-refractivity contribution is -0.159. The van der Waals surface area contributed by atoms with Gasteiger partial charge in [0.2, 0.25) is 0 Å². The summed E-state index contributed by atoms with van der Waals surface area (Å²) >= 11 is 0. The van der Waals surface area contributed by atoms with E-state index in [4.69, 9.17) is 10.5 Å². The second kappa shape index (κ2) is 5.77. The summed E-state index contributed by atoms with van der Waals surface area (Å²) in [7, 11) is 0. The van der Waals surface area contributed by atoms with Gasteiger partial charge in [0.15, 0.2) is 6.23 Å². The minimum Gasteiger partial charge on any atom is -0.446 e. The van der Waals surface area contributed by atoms with Crippen LogP contribution in [0.1, 0.15) is 40.0 Å². The van der Waals surface area contributed by atoms with Crippen LogP contribution in [0.15, 0.2) is 0 Å². The van der Waals surface area contributed by atoms with E-state index in [9.17, 15) is 4.79 Å². The first-order valence-electron chi connectivity index (χ1n) is 7.30. The summed E-state index contributed by atoms with van der Waals surface area (Å²) in [5, 5.41) is 3.30. The molecule has 19 heavy (non-hydrogen) atoms. The highest BCUT2D eigenvalue weighted by Crippen LogP contribution is 2.22. The Bertz CT molecular complexity index is 319. The largest absolute Gasteiger partial charge is 0.446 e. The van der Waals surface area contributed by atoms with Crippen LogP contribution >= 0.6 is 0 Å². The van der Waals surface area contributed by atoms with Gasteiger partial charge in [-0.15, -0.1) is 0 Å². The predicted octanol–water partition coefficient (Wildman–Crippen LogP) is 0.687. The smallest absolute Gasteiger partial charge is 0.312 e. The van der Waals surface area contributed by atoms with Crippen molar-refractivity contribution in [3.8, 4) is 0 Å². The summed E-state index contributed by atoms with van der Waals surface area (Å²) in [4.78, 5) is 14.3. The number of carbonyl (C=O) groups is 1. The van der Waals surface area contributed by atoms with Crippen molar-refractivity contribution >= 4 is 5.97 Å². The fourth-order valence-corrected chi connectivity index (χ4v) is 2.64. The number of rotatable bonds is 2. The van der Waals surface area contributed by atoms with Crippen LogP contribution in [0.3, 0.4) is 0 Å². The minimum atomic E-state index is -0.433. The number of likely N-dealkylation sites (tertiary alicyclic amines) is 1. The summed E-state index contributed by atoms with van der Waals surface area (Å²) in [6.07, 6.45) is 2.90. The van der Waals surface area contributed by atoms with Gasteiger partial charge in [-0.05, 0) is 46.7 Å². The highest BCUT2D eigenvalue weighted by molar-refractivity contribution is 5.75. The van der Waals surface area contributed by atoms with E-state index >= 15 is 0 Å². The number of hydrogen-bond donors (Lipinski definition) is 2. The molecule has 0 saturated carbocycles. The van der Waals surface area contributed by atoms with Crippen LogP contribution in [-0.2, 0) is 9.53 Å². The average molecular weight is 269 g/mol. The van der Waals surface area contributed by atoms with E-state index in [-0.39, 0.29) is 12.2 Å². The quantitative estimate of drug-likeness (QED) is 0.722. The molecule has 3 N–H and O–H groups in total. The van der Waals surface area contributed by atoms with Gasteiger partial charge in [0, 0.05) is 25.0 Å². The molecule has 1 unspecified atom stereocenters. The molecule has 5 heteroatoms. The zero-order valence-electron chi connectivity index (χ0n) is 12.3. The monoisotopic (exact) mass is 269 g/mol. The third-order valence-corrected chi connectivity index (χ3v) is 4.02. The maximum absolute atomic E-state index is 11.9. The molecule has 0 spiro atoms. The van der Waals surface area contributed by atoms with E-state index < -0.39 is 5.41 Å². The van der Waals surface area contributed by atoms with Gasteiger partial charge in [-0.3, -0.25) is 15.0 Å². The van der Waals surface area contributed by atoms with Crippen LogP contribution < -0.4 is 11.1 Å². The Kier molecular flexibility index (Phi) is 4.48. The second-order valence-electron chi connectivity index (χ2n) is 6.82. The van der Waals surface area contributed by atoms with E-state index in [1.54, 1.807) is 0 Å². The van der Waals surface area contributed by atoms with Crippen molar-refractivity contribution in [1.29, 1.82) is 0 Å². The van der Waals surface area contributed by atoms with Crippen LogP contribution in [0.5, 0.6) is 0 Å². The molecule has 2 fully saturated rings. The highest BCUT2D eigenvalue weighted by Gasteiger charge is 2.34. The first-order valence-corrected chi connectivity index (χ1v) is 7.30. The molecule has 2 saturated heterocycles. The van der Waals surface area contributed by atoms with Crippen molar-refractivity contribution in [2.75, 3.05) is 19.6 Å². The third kappa shape index (κ3) is 3.91. The Morgan fingerprint density at radius 3 is 2.53 bits per heavy atom. The topological polar surface area (TPSA) is 67.6 Å². The van der Waals surface area contributed by atoms with Crippen LogP contribution in [0.4, 0.5) is 0 Å². The maximum Gasteiger partial charge on any atom is 0.312 e. The molecule has 0 bridgehead atoms. The van der Waals surface area contributed by atoms with Crippen molar-refractivity contribution in [3.63, 3.8) is 0 Å². The molecule has 2 heterocycles. The normalized spacial score (nSPS) is 30.5. The first kappa shape index (κ1) is 14.8. The minimum absolute atomic E-state index is 0.132. The van der Waals surface area contributed by atoms with E-state index in [2.05, 4.69) is 10.2 Å². The van der Waals surface area contributed by atoms with E-state index in [0.717, 1.165) is 38.9 Å². The van der Waals surface area contributed by atoms with Gasteiger partial charge >= 0.3 is 5.97 Å². The van der Waals surface area contributed by atoms with Crippen molar-refractivity contribution in [3.05, 3.63) is 0 Å². The number of nitrogens with two attached hydrogens (primary N) is 1. The Labute approximate surface area is 115 Å². The Morgan fingerprint density at radius 1 is 1.32 bits per heavy atom. The molecule has 2 aliphatic rings. The SMILES string of the molecule is CC(C)(C)C(=O)OC1C[C@H](N2CCC(N)CC2)CN1. The number of hydrogen-bond acceptors (Lipinski definition) is 5. The Morgan fingerprint density at radius 2 is 1.95 bits per heavy atom. The van der Waals surface area contributed by atoms with Gasteiger partial charge < -0.3 is 10.5 Å². The zero-order chi connectivity index (χ0) is 14.0. The second-order valence-corrected chi connectivity index (χ2v) is 6.82. The predicted molar refractivity (Wildman–Crippen MR) is 74.5 cm³/mol. The lowest BCUT2D eigenvalue weighted by Gasteiger charge is -2.34. The summed E-state index contributed by atoms with van der Waals surface area (Å²) in [6.45, 7) is 8.67. The summed E-state index contributed by atoms with van der Waals surface area (Å²) < 4.78 is 5.52. The van der Waals surface area contributed by atoms with Gasteiger partial charge in [-0.1, -0.05) is 0 Å². The highest BCUT2D eigenvalue weighted by atomic mass is 16.6.